The SMILES string of the molecule is CCCCCCC(O)c1cccc(Cl)c1F. The number of unbranched alkanes of at least 4 members (excludes halogenated alkanes) is 3. The van der Waals surface area contributed by atoms with Gasteiger partial charge in [0.15, 0.2) is 0 Å². The van der Waals surface area contributed by atoms with Crippen molar-refractivity contribution in [3.05, 3.63) is 34.6 Å². The summed E-state index contributed by atoms with van der Waals surface area (Å²) < 4.78 is 13.5. The van der Waals surface area contributed by atoms with E-state index in [1.54, 1.807) is 12.1 Å². The average Bonchev–Trinajstić information content (AvgIpc) is 2.28. The van der Waals surface area contributed by atoms with Gasteiger partial charge in [-0.05, 0) is 12.5 Å². The zero-order valence-electron chi connectivity index (χ0n) is 9.55. The highest BCUT2D eigenvalue weighted by molar-refractivity contribution is 6.30. The molecular formula is C13H18ClFO. The van der Waals surface area contributed by atoms with Crippen LogP contribution in [0.15, 0.2) is 18.2 Å². The summed E-state index contributed by atoms with van der Waals surface area (Å²) in [5.74, 6) is -0.493. The van der Waals surface area contributed by atoms with E-state index in [2.05, 4.69) is 6.92 Å². The Bertz CT molecular complexity index is 328. The molecule has 90 valence electrons. The first-order chi connectivity index (χ1) is 7.66. The molecule has 1 rings (SSSR count). The fraction of sp³-hybridized carbons (Fsp3) is 0.538. The molecule has 0 aromatic heterocycles. The monoisotopic (exact) mass is 244 g/mol. The Kier molecular flexibility index (Phi) is 5.78. The molecule has 0 aliphatic heterocycles. The predicted molar refractivity (Wildman–Crippen MR) is 65.1 cm³/mol. The van der Waals surface area contributed by atoms with Crippen LogP contribution in [0.1, 0.15) is 50.7 Å². The fourth-order valence-corrected chi connectivity index (χ4v) is 1.88. The van der Waals surface area contributed by atoms with Crippen LogP contribution in [0.3, 0.4) is 0 Å². The molecule has 0 radical (unpaired) electrons. The number of benzene rings is 1. The van der Waals surface area contributed by atoms with Gasteiger partial charge in [-0.25, -0.2) is 4.39 Å². The largest absolute Gasteiger partial charge is 0.388 e. The highest BCUT2D eigenvalue weighted by Crippen LogP contribution is 2.26. The first-order valence-electron chi connectivity index (χ1n) is 5.78. The molecule has 1 unspecified atom stereocenters. The second kappa shape index (κ2) is 6.87. The molecule has 16 heavy (non-hydrogen) atoms. The summed E-state index contributed by atoms with van der Waals surface area (Å²) in [6, 6.07) is 4.74. The van der Waals surface area contributed by atoms with E-state index < -0.39 is 11.9 Å². The Labute approximate surface area is 101 Å². The molecule has 0 aliphatic rings. The van der Waals surface area contributed by atoms with Crippen molar-refractivity contribution in [2.75, 3.05) is 0 Å². The molecule has 1 atom stereocenters. The summed E-state index contributed by atoms with van der Waals surface area (Å²) in [5.41, 5.74) is 0.309. The molecule has 0 heterocycles. The molecule has 0 aliphatic carbocycles. The minimum absolute atomic E-state index is 0.0742. The highest BCUT2D eigenvalue weighted by atomic mass is 35.5. The van der Waals surface area contributed by atoms with Crippen LogP contribution in [0, 0.1) is 5.82 Å². The van der Waals surface area contributed by atoms with Crippen LogP contribution in [-0.2, 0) is 0 Å². The average molecular weight is 245 g/mol. The van der Waals surface area contributed by atoms with Crippen molar-refractivity contribution in [2.45, 2.75) is 45.1 Å². The molecule has 0 fully saturated rings. The van der Waals surface area contributed by atoms with Gasteiger partial charge in [-0.15, -0.1) is 0 Å². The lowest BCUT2D eigenvalue weighted by Gasteiger charge is -2.12. The highest BCUT2D eigenvalue weighted by Gasteiger charge is 2.14. The zero-order valence-corrected chi connectivity index (χ0v) is 10.3. The van der Waals surface area contributed by atoms with Gasteiger partial charge in [-0.2, -0.15) is 0 Å². The number of hydrogen-bond acceptors (Lipinski definition) is 1. The number of hydrogen-bond donors (Lipinski definition) is 1. The summed E-state index contributed by atoms with van der Waals surface area (Å²) >= 11 is 5.66. The van der Waals surface area contributed by atoms with Crippen LogP contribution in [0.5, 0.6) is 0 Å². The van der Waals surface area contributed by atoms with Gasteiger partial charge in [-0.3, -0.25) is 0 Å². The molecule has 3 heteroatoms. The van der Waals surface area contributed by atoms with Gasteiger partial charge in [0.05, 0.1) is 11.1 Å². The van der Waals surface area contributed by atoms with Gasteiger partial charge >= 0.3 is 0 Å². The van der Waals surface area contributed by atoms with E-state index in [-0.39, 0.29) is 5.02 Å². The van der Waals surface area contributed by atoms with Crippen LogP contribution < -0.4 is 0 Å². The second-order valence-electron chi connectivity index (χ2n) is 4.01. The van der Waals surface area contributed by atoms with E-state index in [1.165, 1.54) is 6.07 Å². The topological polar surface area (TPSA) is 20.2 Å². The van der Waals surface area contributed by atoms with Crippen molar-refractivity contribution < 1.29 is 9.50 Å². The third-order valence-corrected chi connectivity index (χ3v) is 2.96. The summed E-state index contributed by atoms with van der Waals surface area (Å²) in [6.07, 6.45) is 4.16. The van der Waals surface area contributed by atoms with Crippen molar-refractivity contribution in [1.82, 2.24) is 0 Å². The van der Waals surface area contributed by atoms with Crippen LogP contribution in [-0.4, -0.2) is 5.11 Å². The standard InChI is InChI=1S/C13H18ClFO/c1-2-3-4-5-9-12(16)10-7-6-8-11(14)13(10)15/h6-8,12,16H,2-5,9H2,1H3. The predicted octanol–water partition coefficient (Wildman–Crippen LogP) is 4.48. The van der Waals surface area contributed by atoms with Crippen molar-refractivity contribution in [2.24, 2.45) is 0 Å². The van der Waals surface area contributed by atoms with Gasteiger partial charge in [-0.1, -0.05) is 56.3 Å². The van der Waals surface area contributed by atoms with Gasteiger partial charge in [0, 0.05) is 5.56 Å². The first kappa shape index (κ1) is 13.5. The molecule has 1 nitrogen and oxygen atoms in total. The molecule has 0 saturated carbocycles. The molecule has 0 bridgehead atoms. The van der Waals surface area contributed by atoms with Gasteiger partial charge in [0.1, 0.15) is 5.82 Å². The quantitative estimate of drug-likeness (QED) is 0.732. The van der Waals surface area contributed by atoms with Crippen molar-refractivity contribution in [1.29, 1.82) is 0 Å². The van der Waals surface area contributed by atoms with Crippen molar-refractivity contribution in [3.8, 4) is 0 Å². The van der Waals surface area contributed by atoms with Crippen molar-refractivity contribution in [3.63, 3.8) is 0 Å². The minimum atomic E-state index is -0.740. The molecular weight excluding hydrogens is 227 g/mol. The Balaban J connectivity index is 2.52. The maximum atomic E-state index is 13.5. The Morgan fingerprint density at radius 1 is 1.31 bits per heavy atom. The fourth-order valence-electron chi connectivity index (χ4n) is 1.70. The number of rotatable bonds is 6. The maximum absolute atomic E-state index is 13.5. The first-order valence-corrected chi connectivity index (χ1v) is 6.16. The van der Waals surface area contributed by atoms with E-state index in [1.807, 2.05) is 0 Å². The van der Waals surface area contributed by atoms with E-state index >= 15 is 0 Å². The van der Waals surface area contributed by atoms with E-state index in [0.29, 0.717) is 12.0 Å². The normalized spacial score (nSPS) is 12.8. The van der Waals surface area contributed by atoms with Gasteiger partial charge in [0.25, 0.3) is 0 Å². The number of aliphatic hydroxyl groups is 1. The summed E-state index contributed by atoms with van der Waals surface area (Å²) in [7, 11) is 0. The maximum Gasteiger partial charge on any atom is 0.147 e. The molecule has 0 saturated heterocycles. The van der Waals surface area contributed by atoms with Crippen LogP contribution >= 0.6 is 11.6 Å². The lowest BCUT2D eigenvalue weighted by Crippen LogP contribution is -2.01. The van der Waals surface area contributed by atoms with Gasteiger partial charge in [0.2, 0.25) is 0 Å². The minimum Gasteiger partial charge on any atom is -0.388 e. The van der Waals surface area contributed by atoms with Crippen LogP contribution in [0.25, 0.3) is 0 Å². The van der Waals surface area contributed by atoms with E-state index in [4.69, 9.17) is 11.6 Å². The third kappa shape index (κ3) is 3.76. The summed E-state index contributed by atoms with van der Waals surface area (Å²) in [5, 5.41) is 9.90. The number of halogens is 2. The Morgan fingerprint density at radius 2 is 2.06 bits per heavy atom. The lowest BCUT2D eigenvalue weighted by molar-refractivity contribution is 0.159. The zero-order chi connectivity index (χ0) is 12.0. The molecule has 1 N–H and O–H groups in total. The lowest BCUT2D eigenvalue weighted by atomic mass is 10.0. The van der Waals surface area contributed by atoms with Crippen LogP contribution in [0.2, 0.25) is 5.02 Å². The smallest absolute Gasteiger partial charge is 0.147 e. The Morgan fingerprint density at radius 3 is 2.75 bits per heavy atom. The summed E-state index contributed by atoms with van der Waals surface area (Å²) in [4.78, 5) is 0. The van der Waals surface area contributed by atoms with Crippen molar-refractivity contribution >= 4 is 11.6 Å². The molecule has 0 amide bonds. The summed E-state index contributed by atoms with van der Waals surface area (Å²) in [6.45, 7) is 2.13. The molecule has 1 aromatic carbocycles. The van der Waals surface area contributed by atoms with Crippen LogP contribution in [0.4, 0.5) is 4.39 Å². The molecule has 0 spiro atoms. The number of aliphatic hydroxyl groups excluding tert-OH is 1. The third-order valence-electron chi connectivity index (χ3n) is 2.67. The van der Waals surface area contributed by atoms with E-state index in [9.17, 15) is 9.50 Å². The Hall–Kier alpha value is -0.600. The second-order valence-corrected chi connectivity index (χ2v) is 4.42. The van der Waals surface area contributed by atoms with E-state index in [0.717, 1.165) is 25.7 Å². The van der Waals surface area contributed by atoms with Gasteiger partial charge < -0.3 is 5.11 Å². The molecule has 1 aromatic rings.